The molecule has 2 unspecified atom stereocenters. The van der Waals surface area contributed by atoms with Gasteiger partial charge in [-0.05, 0) is 61.2 Å². The van der Waals surface area contributed by atoms with Gasteiger partial charge in [0.15, 0.2) is 0 Å². The molecule has 0 bridgehead atoms. The fourth-order valence-electron chi connectivity index (χ4n) is 4.02. The van der Waals surface area contributed by atoms with Crippen LogP contribution in [-0.2, 0) is 10.0 Å². The third-order valence-electron chi connectivity index (χ3n) is 5.38. The molecular formula is C23H26ClN3O3S2. The Hall–Kier alpha value is -2.26. The highest BCUT2D eigenvalue weighted by atomic mass is 35.5. The molecule has 1 fully saturated rings. The molecule has 2 N–H and O–H groups in total. The molecule has 2 atom stereocenters. The van der Waals surface area contributed by atoms with Crippen LogP contribution in [0.2, 0.25) is 5.02 Å². The molecular weight excluding hydrogens is 466 g/mol. The highest BCUT2D eigenvalue weighted by Crippen LogP contribution is 2.35. The summed E-state index contributed by atoms with van der Waals surface area (Å²) in [7, 11) is -2.40. The van der Waals surface area contributed by atoms with Gasteiger partial charge < -0.3 is 15.0 Å². The quantitative estimate of drug-likeness (QED) is 0.504. The average Bonchev–Trinajstić information content (AvgIpc) is 3.27. The molecule has 4 rings (SSSR count). The highest BCUT2D eigenvalue weighted by molar-refractivity contribution is 7.92. The van der Waals surface area contributed by atoms with Crippen molar-refractivity contribution in [1.82, 2.24) is 5.32 Å². The van der Waals surface area contributed by atoms with Crippen LogP contribution < -0.4 is 19.7 Å². The topological polar surface area (TPSA) is 70.7 Å². The zero-order valence-corrected chi connectivity index (χ0v) is 20.5. The molecule has 0 aliphatic carbocycles. The Balaban J connectivity index is 1.64. The lowest BCUT2D eigenvalue weighted by Gasteiger charge is -2.38. The van der Waals surface area contributed by atoms with E-state index >= 15 is 0 Å². The summed E-state index contributed by atoms with van der Waals surface area (Å²) >= 11 is 7.97. The Kier molecular flexibility index (Phi) is 6.67. The molecule has 0 saturated carbocycles. The van der Waals surface area contributed by atoms with Crippen molar-refractivity contribution in [2.45, 2.75) is 30.8 Å². The van der Waals surface area contributed by atoms with E-state index in [1.807, 2.05) is 29.6 Å². The minimum atomic E-state index is -3.92. The summed E-state index contributed by atoms with van der Waals surface area (Å²) in [6.07, 6.45) is 0. The summed E-state index contributed by atoms with van der Waals surface area (Å²) in [5, 5.41) is 5.64. The van der Waals surface area contributed by atoms with E-state index in [-0.39, 0.29) is 9.92 Å². The smallest absolute Gasteiger partial charge is 0.263 e. The van der Waals surface area contributed by atoms with Crippen molar-refractivity contribution in [2.75, 3.05) is 29.8 Å². The van der Waals surface area contributed by atoms with Gasteiger partial charge in [0.2, 0.25) is 0 Å². The van der Waals surface area contributed by atoms with Gasteiger partial charge in [-0.15, -0.1) is 11.3 Å². The third-order valence-corrected chi connectivity index (χ3v) is 8.14. The number of anilines is 2. The molecule has 0 spiro atoms. The van der Waals surface area contributed by atoms with Crippen molar-refractivity contribution < 1.29 is 13.2 Å². The van der Waals surface area contributed by atoms with Crippen LogP contribution in [0, 0.1) is 0 Å². The first-order chi connectivity index (χ1) is 15.3. The second kappa shape index (κ2) is 9.31. The predicted octanol–water partition coefficient (Wildman–Crippen LogP) is 5.06. The van der Waals surface area contributed by atoms with Crippen LogP contribution in [0.15, 0.2) is 58.8 Å². The highest BCUT2D eigenvalue weighted by Gasteiger charge is 2.24. The standard InChI is InChI=1S/C23H26ClN3O3S2/c1-15-13-27(14-16(2)25-15)18-7-8-21(30-3)20(12-18)26-32(28,29)23-9-6-17(11-19(23)24)22-5-4-10-31-22/h4-12,15-16,25-26H,13-14H2,1-3H3. The number of thiophene rings is 1. The van der Waals surface area contributed by atoms with E-state index in [9.17, 15) is 8.42 Å². The maximum Gasteiger partial charge on any atom is 0.263 e. The van der Waals surface area contributed by atoms with Gasteiger partial charge in [0.25, 0.3) is 10.0 Å². The molecule has 2 heterocycles. The molecule has 6 nitrogen and oxygen atoms in total. The van der Waals surface area contributed by atoms with Gasteiger partial charge >= 0.3 is 0 Å². The maximum atomic E-state index is 13.2. The zero-order chi connectivity index (χ0) is 22.9. The second-order valence-electron chi connectivity index (χ2n) is 7.99. The molecule has 1 aliphatic heterocycles. The van der Waals surface area contributed by atoms with Crippen molar-refractivity contribution in [1.29, 1.82) is 0 Å². The lowest BCUT2D eigenvalue weighted by atomic mass is 10.1. The van der Waals surface area contributed by atoms with Gasteiger partial charge in [0.1, 0.15) is 10.6 Å². The molecule has 1 aromatic heterocycles. The van der Waals surface area contributed by atoms with E-state index in [4.69, 9.17) is 16.3 Å². The number of halogens is 1. The van der Waals surface area contributed by atoms with Crippen molar-refractivity contribution in [3.8, 4) is 16.2 Å². The number of benzene rings is 2. The van der Waals surface area contributed by atoms with Crippen LogP contribution in [0.25, 0.3) is 10.4 Å². The molecule has 9 heteroatoms. The van der Waals surface area contributed by atoms with E-state index in [0.717, 1.165) is 29.2 Å². The van der Waals surface area contributed by atoms with Crippen molar-refractivity contribution in [3.05, 3.63) is 58.9 Å². The SMILES string of the molecule is COc1ccc(N2CC(C)NC(C)C2)cc1NS(=O)(=O)c1ccc(-c2cccs2)cc1Cl. The number of nitrogens with one attached hydrogen (secondary N) is 2. The molecule has 2 aromatic carbocycles. The number of ether oxygens (including phenoxy) is 1. The number of hydrogen-bond donors (Lipinski definition) is 2. The molecule has 32 heavy (non-hydrogen) atoms. The van der Waals surface area contributed by atoms with Crippen molar-refractivity contribution in [2.24, 2.45) is 0 Å². The van der Waals surface area contributed by atoms with Gasteiger partial charge in [-0.2, -0.15) is 0 Å². The lowest BCUT2D eigenvalue weighted by molar-refractivity contribution is 0.406. The Bertz CT molecular complexity index is 1190. The summed E-state index contributed by atoms with van der Waals surface area (Å²) in [6.45, 7) is 5.94. The Labute approximate surface area is 198 Å². The van der Waals surface area contributed by atoms with Gasteiger partial charge in [-0.25, -0.2) is 8.42 Å². The van der Waals surface area contributed by atoms with Crippen LogP contribution in [0.1, 0.15) is 13.8 Å². The summed E-state index contributed by atoms with van der Waals surface area (Å²) in [4.78, 5) is 3.29. The second-order valence-corrected chi connectivity index (χ2v) is 11.0. The monoisotopic (exact) mass is 491 g/mol. The maximum absolute atomic E-state index is 13.2. The minimum Gasteiger partial charge on any atom is -0.495 e. The summed E-state index contributed by atoms with van der Waals surface area (Å²) in [5.74, 6) is 0.444. The molecule has 3 aromatic rings. The molecule has 170 valence electrons. The van der Waals surface area contributed by atoms with Crippen LogP contribution in [-0.4, -0.2) is 40.7 Å². The van der Waals surface area contributed by atoms with Gasteiger partial charge in [-0.3, -0.25) is 4.72 Å². The number of rotatable bonds is 6. The molecule has 0 amide bonds. The van der Waals surface area contributed by atoms with E-state index in [1.54, 1.807) is 29.5 Å². The zero-order valence-electron chi connectivity index (χ0n) is 18.1. The summed E-state index contributed by atoms with van der Waals surface area (Å²) < 4.78 is 34.5. The molecule has 1 aliphatic rings. The summed E-state index contributed by atoms with van der Waals surface area (Å²) in [5.41, 5.74) is 2.19. The first-order valence-corrected chi connectivity index (χ1v) is 13.1. The van der Waals surface area contributed by atoms with Crippen molar-refractivity contribution in [3.63, 3.8) is 0 Å². The first kappa shape index (κ1) is 22.9. The molecule has 1 saturated heterocycles. The molecule has 0 radical (unpaired) electrons. The number of piperazine rings is 1. The largest absolute Gasteiger partial charge is 0.495 e. The van der Waals surface area contributed by atoms with Gasteiger partial charge in [0, 0.05) is 35.7 Å². The van der Waals surface area contributed by atoms with Crippen LogP contribution >= 0.6 is 22.9 Å². The predicted molar refractivity (Wildman–Crippen MR) is 133 cm³/mol. The van der Waals surface area contributed by atoms with E-state index in [1.165, 1.54) is 13.2 Å². The average molecular weight is 492 g/mol. The van der Waals surface area contributed by atoms with Gasteiger partial charge in [0.05, 0.1) is 17.8 Å². The number of methoxy groups -OCH3 is 1. The lowest BCUT2D eigenvalue weighted by Crippen LogP contribution is -2.54. The number of sulfonamides is 1. The van der Waals surface area contributed by atoms with Crippen molar-refractivity contribution >= 4 is 44.3 Å². The normalized spacial score (nSPS) is 19.1. The van der Waals surface area contributed by atoms with Crippen LogP contribution in [0.5, 0.6) is 5.75 Å². The number of nitrogens with zero attached hydrogens (tertiary/aromatic N) is 1. The van der Waals surface area contributed by atoms with E-state index in [2.05, 4.69) is 28.8 Å². The number of hydrogen-bond acceptors (Lipinski definition) is 6. The van der Waals surface area contributed by atoms with E-state index in [0.29, 0.717) is 23.5 Å². The minimum absolute atomic E-state index is 0.0244. The van der Waals surface area contributed by atoms with Gasteiger partial charge in [-0.1, -0.05) is 23.7 Å². The Morgan fingerprint density at radius 3 is 2.50 bits per heavy atom. The fraction of sp³-hybridized carbons (Fsp3) is 0.304. The van der Waals surface area contributed by atoms with Crippen LogP contribution in [0.4, 0.5) is 11.4 Å². The van der Waals surface area contributed by atoms with Crippen LogP contribution in [0.3, 0.4) is 0 Å². The third kappa shape index (κ3) is 4.88. The van der Waals surface area contributed by atoms with E-state index < -0.39 is 10.0 Å². The summed E-state index contributed by atoms with van der Waals surface area (Å²) in [6, 6.07) is 15.1. The Morgan fingerprint density at radius 1 is 1.12 bits per heavy atom. The fourth-order valence-corrected chi connectivity index (χ4v) is 6.36. The first-order valence-electron chi connectivity index (χ1n) is 10.3. The Morgan fingerprint density at radius 2 is 1.88 bits per heavy atom.